The Labute approximate surface area is 123 Å². The first-order valence-electron chi connectivity index (χ1n) is 6.61. The molecule has 0 saturated heterocycles. The van der Waals surface area contributed by atoms with Crippen LogP contribution in [0, 0.1) is 0 Å². The van der Waals surface area contributed by atoms with Crippen LogP contribution in [0.5, 0.6) is 23.0 Å². The number of aromatic nitrogens is 2. The van der Waals surface area contributed by atoms with Crippen molar-refractivity contribution in [3.63, 3.8) is 0 Å². The minimum absolute atomic E-state index is 0.176. The zero-order valence-corrected chi connectivity index (χ0v) is 11.3. The van der Waals surface area contributed by atoms with Crippen LogP contribution in [0.1, 0.15) is 0 Å². The highest BCUT2D eigenvalue weighted by Crippen LogP contribution is 2.35. The van der Waals surface area contributed by atoms with Crippen LogP contribution in [0.25, 0.3) is 33.2 Å². The molecule has 2 aromatic heterocycles. The molecule has 0 spiro atoms. The second kappa shape index (κ2) is 4.11. The van der Waals surface area contributed by atoms with E-state index in [1.165, 1.54) is 24.3 Å². The van der Waals surface area contributed by atoms with Crippen LogP contribution in [0.4, 0.5) is 0 Å². The fraction of sp³-hybridized carbons (Fsp3) is 0. The van der Waals surface area contributed by atoms with Crippen molar-refractivity contribution in [1.29, 1.82) is 0 Å². The maximum Gasteiger partial charge on any atom is 0.159 e. The Bertz CT molecular complexity index is 868. The molecule has 0 atom stereocenters. The fourth-order valence-electron chi connectivity index (χ4n) is 2.60. The van der Waals surface area contributed by atoms with Crippen molar-refractivity contribution in [2.45, 2.75) is 0 Å². The van der Waals surface area contributed by atoms with Crippen molar-refractivity contribution >= 4 is 21.8 Å². The van der Waals surface area contributed by atoms with Gasteiger partial charge in [0.05, 0.1) is 11.4 Å². The molecule has 0 amide bonds. The highest BCUT2D eigenvalue weighted by Gasteiger charge is 2.11. The molecule has 0 aliphatic heterocycles. The van der Waals surface area contributed by atoms with Crippen LogP contribution in [-0.2, 0) is 0 Å². The van der Waals surface area contributed by atoms with Crippen LogP contribution >= 0.6 is 0 Å². The highest BCUT2D eigenvalue weighted by atomic mass is 16.3. The van der Waals surface area contributed by atoms with E-state index in [1.54, 1.807) is 0 Å². The number of fused-ring (bicyclic) bond motifs is 2. The topological polar surface area (TPSA) is 112 Å². The zero-order valence-electron chi connectivity index (χ0n) is 11.3. The van der Waals surface area contributed by atoms with E-state index >= 15 is 0 Å². The summed E-state index contributed by atoms with van der Waals surface area (Å²) in [5.74, 6) is -0.728. The average molecular weight is 296 g/mol. The summed E-state index contributed by atoms with van der Waals surface area (Å²) < 4.78 is 0. The fourth-order valence-corrected chi connectivity index (χ4v) is 2.60. The Balaban J connectivity index is 1.90. The molecule has 4 aromatic rings. The third-order valence-corrected chi connectivity index (χ3v) is 3.72. The Morgan fingerprint density at radius 2 is 0.864 bits per heavy atom. The van der Waals surface area contributed by atoms with Crippen LogP contribution in [0.2, 0.25) is 0 Å². The number of hydrogen-bond donors (Lipinski definition) is 6. The number of nitrogens with one attached hydrogen (secondary N) is 2. The highest BCUT2D eigenvalue weighted by molar-refractivity contribution is 5.92. The summed E-state index contributed by atoms with van der Waals surface area (Å²) in [5.41, 5.74) is 2.90. The van der Waals surface area contributed by atoms with E-state index in [-0.39, 0.29) is 23.0 Å². The van der Waals surface area contributed by atoms with Gasteiger partial charge in [0.1, 0.15) is 0 Å². The summed E-state index contributed by atoms with van der Waals surface area (Å²) in [5, 5.41) is 39.7. The monoisotopic (exact) mass is 296 g/mol. The Kier molecular flexibility index (Phi) is 2.33. The third kappa shape index (κ3) is 1.74. The Morgan fingerprint density at radius 3 is 1.27 bits per heavy atom. The lowest BCUT2D eigenvalue weighted by Crippen LogP contribution is -1.75. The second-order valence-corrected chi connectivity index (χ2v) is 5.22. The van der Waals surface area contributed by atoms with Gasteiger partial charge >= 0.3 is 0 Å². The van der Waals surface area contributed by atoms with Gasteiger partial charge in [0.25, 0.3) is 0 Å². The van der Waals surface area contributed by atoms with Crippen LogP contribution in [-0.4, -0.2) is 30.4 Å². The van der Waals surface area contributed by atoms with E-state index in [2.05, 4.69) is 9.97 Å². The molecule has 6 N–H and O–H groups in total. The number of phenolic OH excluding ortho intramolecular Hbond substituents is 4. The molecule has 0 unspecified atom stereocenters. The maximum atomic E-state index is 9.55. The van der Waals surface area contributed by atoms with Crippen molar-refractivity contribution in [3.8, 4) is 34.4 Å². The summed E-state index contributed by atoms with van der Waals surface area (Å²) in [6.07, 6.45) is 0. The molecule has 2 heterocycles. The number of hydrogen-bond acceptors (Lipinski definition) is 4. The van der Waals surface area contributed by atoms with E-state index < -0.39 is 0 Å². The smallest absolute Gasteiger partial charge is 0.159 e. The van der Waals surface area contributed by atoms with Crippen molar-refractivity contribution in [2.75, 3.05) is 0 Å². The number of H-pyrrole nitrogens is 2. The normalized spacial score (nSPS) is 11.5. The average Bonchev–Trinajstić information content (AvgIpc) is 3.03. The van der Waals surface area contributed by atoms with E-state index in [0.29, 0.717) is 11.0 Å². The molecule has 0 radical (unpaired) electrons. The molecule has 0 aliphatic carbocycles. The van der Waals surface area contributed by atoms with Gasteiger partial charge in [0, 0.05) is 33.9 Å². The van der Waals surface area contributed by atoms with Crippen molar-refractivity contribution in [1.82, 2.24) is 9.97 Å². The van der Waals surface area contributed by atoms with Crippen molar-refractivity contribution < 1.29 is 20.4 Å². The standard InChI is InChI=1S/C16H12N2O4/c19-13-3-7-1-11(17-9(7)5-15(13)21)12-2-8-4-14(20)16(22)6-10(8)18-12/h1-6,17-22H. The molecule has 2 aromatic carbocycles. The van der Waals surface area contributed by atoms with Gasteiger partial charge in [0.15, 0.2) is 23.0 Å². The van der Waals surface area contributed by atoms with Crippen molar-refractivity contribution in [3.05, 3.63) is 36.4 Å². The Hall–Kier alpha value is -3.28. The largest absolute Gasteiger partial charge is 0.504 e. The molecule has 6 nitrogen and oxygen atoms in total. The number of benzene rings is 2. The molecule has 4 rings (SSSR count). The van der Waals surface area contributed by atoms with Crippen molar-refractivity contribution in [2.24, 2.45) is 0 Å². The van der Waals surface area contributed by atoms with Gasteiger partial charge in [-0.25, -0.2) is 0 Å². The molecular weight excluding hydrogens is 284 g/mol. The first kappa shape index (κ1) is 12.5. The number of rotatable bonds is 1. The van der Waals surface area contributed by atoms with Gasteiger partial charge in [-0.05, 0) is 24.3 Å². The lowest BCUT2D eigenvalue weighted by molar-refractivity contribution is 0.405. The van der Waals surface area contributed by atoms with Gasteiger partial charge in [0.2, 0.25) is 0 Å². The van der Waals surface area contributed by atoms with Gasteiger partial charge in [-0.1, -0.05) is 0 Å². The Morgan fingerprint density at radius 1 is 0.500 bits per heavy atom. The van der Waals surface area contributed by atoms with Crippen LogP contribution < -0.4 is 0 Å². The summed E-state index contributed by atoms with van der Waals surface area (Å²) in [4.78, 5) is 6.29. The third-order valence-electron chi connectivity index (χ3n) is 3.72. The van der Waals surface area contributed by atoms with Gasteiger partial charge in [-0.2, -0.15) is 0 Å². The molecule has 0 aliphatic rings. The molecule has 6 heteroatoms. The first-order valence-corrected chi connectivity index (χ1v) is 6.61. The predicted octanol–water partition coefficient (Wildman–Crippen LogP) is 3.14. The summed E-state index contributed by atoms with van der Waals surface area (Å²) in [7, 11) is 0. The van der Waals surface area contributed by atoms with E-state index in [1.807, 2.05) is 12.1 Å². The lowest BCUT2D eigenvalue weighted by atomic mass is 10.2. The zero-order chi connectivity index (χ0) is 15.4. The predicted molar refractivity (Wildman–Crippen MR) is 82.3 cm³/mol. The SMILES string of the molecule is Oc1cc2cc(-c3cc4cc(O)c(O)cc4[nH]3)[nH]c2cc1O. The molecule has 0 bridgehead atoms. The second-order valence-electron chi connectivity index (χ2n) is 5.22. The van der Waals surface area contributed by atoms with Gasteiger partial charge < -0.3 is 30.4 Å². The quantitative estimate of drug-likeness (QED) is 0.303. The number of aromatic amines is 2. The maximum absolute atomic E-state index is 9.55. The summed E-state index contributed by atoms with van der Waals surface area (Å²) in [6, 6.07) is 9.52. The molecule has 110 valence electrons. The molecule has 0 saturated carbocycles. The van der Waals surface area contributed by atoms with Gasteiger partial charge in [-0.15, -0.1) is 0 Å². The summed E-state index contributed by atoms with van der Waals surface area (Å²) in [6.45, 7) is 0. The van der Waals surface area contributed by atoms with E-state index in [9.17, 15) is 20.4 Å². The molecule has 22 heavy (non-hydrogen) atoms. The molecular formula is C16H12N2O4. The van der Waals surface area contributed by atoms with E-state index in [4.69, 9.17) is 0 Å². The minimum Gasteiger partial charge on any atom is -0.504 e. The van der Waals surface area contributed by atoms with Gasteiger partial charge in [-0.3, -0.25) is 0 Å². The first-order chi connectivity index (χ1) is 10.5. The molecule has 0 fully saturated rings. The minimum atomic E-state index is -0.188. The number of phenols is 4. The van der Waals surface area contributed by atoms with Crippen LogP contribution in [0.3, 0.4) is 0 Å². The number of aromatic hydroxyl groups is 4. The lowest BCUT2D eigenvalue weighted by Gasteiger charge is -1.96. The van der Waals surface area contributed by atoms with Crippen LogP contribution in [0.15, 0.2) is 36.4 Å². The van der Waals surface area contributed by atoms with E-state index in [0.717, 1.165) is 22.2 Å². The summed E-state index contributed by atoms with van der Waals surface area (Å²) >= 11 is 0.